The van der Waals surface area contributed by atoms with Crippen LogP contribution < -0.4 is 9.47 Å². The zero-order valence-electron chi connectivity index (χ0n) is 18.0. The topological polar surface area (TPSA) is 85.1 Å². The van der Waals surface area contributed by atoms with E-state index in [4.69, 9.17) is 14.0 Å². The van der Waals surface area contributed by atoms with Gasteiger partial charge in [0.05, 0.1) is 7.11 Å². The smallest absolute Gasteiger partial charge is 0.276 e. The van der Waals surface area contributed by atoms with E-state index in [2.05, 4.69) is 23.9 Å². The van der Waals surface area contributed by atoms with Crippen LogP contribution >= 0.6 is 0 Å². The summed E-state index contributed by atoms with van der Waals surface area (Å²) in [6.45, 7) is 9.25. The van der Waals surface area contributed by atoms with Gasteiger partial charge in [-0.3, -0.25) is 14.5 Å². The number of aromatic nitrogens is 1. The summed E-state index contributed by atoms with van der Waals surface area (Å²) in [5, 5.41) is 3.93. The molecule has 8 nitrogen and oxygen atoms in total. The summed E-state index contributed by atoms with van der Waals surface area (Å²) < 4.78 is 16.3. The Morgan fingerprint density at radius 1 is 1.23 bits per heavy atom. The molecule has 2 aromatic rings. The number of likely N-dealkylation sites (tertiary alicyclic amines) is 1. The Labute approximate surface area is 176 Å². The predicted molar refractivity (Wildman–Crippen MR) is 111 cm³/mol. The first-order valence-electron chi connectivity index (χ1n) is 10.3. The lowest BCUT2D eigenvalue weighted by molar-refractivity contribution is 0.0767. The van der Waals surface area contributed by atoms with Gasteiger partial charge in [-0.25, -0.2) is 0 Å². The quantitative estimate of drug-likeness (QED) is 0.582. The van der Waals surface area contributed by atoms with E-state index in [0.29, 0.717) is 35.4 Å². The number of ether oxygens (including phenoxy) is 2. The number of benzene rings is 1. The van der Waals surface area contributed by atoms with Crippen LogP contribution in [0.4, 0.5) is 0 Å². The number of ketones is 1. The molecule has 0 aliphatic carbocycles. The number of carbonyl (C=O) groups is 2. The summed E-state index contributed by atoms with van der Waals surface area (Å²) in [5.41, 5.74) is 0.827. The summed E-state index contributed by atoms with van der Waals surface area (Å²) >= 11 is 0. The Morgan fingerprint density at radius 2 is 2.00 bits per heavy atom. The fraction of sp³-hybridized carbons (Fsp3) is 0.500. The van der Waals surface area contributed by atoms with Gasteiger partial charge in [0, 0.05) is 30.8 Å². The van der Waals surface area contributed by atoms with Crippen LogP contribution in [0, 0.1) is 0 Å². The van der Waals surface area contributed by atoms with Crippen molar-refractivity contribution in [3.8, 4) is 11.5 Å². The van der Waals surface area contributed by atoms with Crippen LogP contribution in [0.15, 0.2) is 28.8 Å². The highest BCUT2D eigenvalue weighted by molar-refractivity contribution is 5.94. The maximum absolute atomic E-state index is 12.8. The normalized spacial score (nSPS) is 16.2. The molecule has 30 heavy (non-hydrogen) atoms. The third kappa shape index (κ3) is 4.81. The highest BCUT2D eigenvalue weighted by Gasteiger charge is 2.31. The number of Topliss-reactive ketones (excluding diaryl/α,β-unsaturated/α-hetero) is 1. The minimum absolute atomic E-state index is 0.0524. The number of nitrogens with zero attached hydrogens (tertiary/aromatic N) is 3. The molecule has 3 rings (SSSR count). The lowest BCUT2D eigenvalue weighted by Crippen LogP contribution is -2.38. The SMILES string of the molecule is CCN(CC)C1CCN(C(=O)c2cc(COc3ccc(C(C)=O)cc3OC)on2)C1. The van der Waals surface area contributed by atoms with E-state index in [9.17, 15) is 9.59 Å². The van der Waals surface area contributed by atoms with Gasteiger partial charge in [0.15, 0.2) is 28.7 Å². The largest absolute Gasteiger partial charge is 0.493 e. The first-order valence-corrected chi connectivity index (χ1v) is 10.3. The van der Waals surface area contributed by atoms with Crippen LogP contribution in [0.3, 0.4) is 0 Å². The van der Waals surface area contributed by atoms with Crippen molar-refractivity contribution in [2.75, 3.05) is 33.3 Å². The fourth-order valence-corrected chi connectivity index (χ4v) is 3.76. The highest BCUT2D eigenvalue weighted by Crippen LogP contribution is 2.29. The molecule has 1 unspecified atom stereocenters. The number of hydrogen-bond donors (Lipinski definition) is 0. The number of rotatable bonds is 9. The predicted octanol–water partition coefficient (Wildman–Crippen LogP) is 3.02. The molecule has 1 aliphatic heterocycles. The van der Waals surface area contributed by atoms with E-state index in [1.165, 1.54) is 14.0 Å². The molecule has 0 radical (unpaired) electrons. The lowest BCUT2D eigenvalue weighted by atomic mass is 10.1. The number of methoxy groups -OCH3 is 1. The molecule has 0 saturated carbocycles. The van der Waals surface area contributed by atoms with Gasteiger partial charge in [0.25, 0.3) is 5.91 Å². The van der Waals surface area contributed by atoms with Gasteiger partial charge >= 0.3 is 0 Å². The molecule has 0 spiro atoms. The molecular formula is C22H29N3O5. The molecular weight excluding hydrogens is 386 g/mol. The third-order valence-electron chi connectivity index (χ3n) is 5.50. The molecule has 1 saturated heterocycles. The Balaban J connectivity index is 1.60. The maximum Gasteiger partial charge on any atom is 0.276 e. The van der Waals surface area contributed by atoms with E-state index in [-0.39, 0.29) is 24.0 Å². The summed E-state index contributed by atoms with van der Waals surface area (Å²) in [7, 11) is 1.51. The molecule has 1 aromatic heterocycles. The Bertz CT molecular complexity index is 891. The van der Waals surface area contributed by atoms with E-state index < -0.39 is 0 Å². The number of likely N-dealkylation sites (N-methyl/N-ethyl adjacent to an activating group) is 1. The summed E-state index contributed by atoms with van der Waals surface area (Å²) in [6, 6.07) is 6.99. The maximum atomic E-state index is 12.8. The Morgan fingerprint density at radius 3 is 2.67 bits per heavy atom. The summed E-state index contributed by atoms with van der Waals surface area (Å²) in [5.74, 6) is 1.20. The van der Waals surface area contributed by atoms with Crippen molar-refractivity contribution in [1.82, 2.24) is 15.0 Å². The second-order valence-electron chi connectivity index (χ2n) is 7.30. The summed E-state index contributed by atoms with van der Waals surface area (Å²) in [6.07, 6.45) is 0.970. The molecule has 1 amide bonds. The van der Waals surface area contributed by atoms with Crippen LogP contribution in [-0.2, 0) is 6.61 Å². The highest BCUT2D eigenvalue weighted by atomic mass is 16.5. The van der Waals surface area contributed by atoms with Crippen molar-refractivity contribution in [3.05, 3.63) is 41.3 Å². The van der Waals surface area contributed by atoms with Crippen LogP contribution in [-0.4, -0.2) is 66.0 Å². The van der Waals surface area contributed by atoms with Gasteiger partial charge in [-0.05, 0) is 44.6 Å². The van der Waals surface area contributed by atoms with Gasteiger partial charge < -0.3 is 18.9 Å². The van der Waals surface area contributed by atoms with Crippen molar-refractivity contribution in [2.24, 2.45) is 0 Å². The number of hydrogen-bond acceptors (Lipinski definition) is 7. The average molecular weight is 415 g/mol. The van der Waals surface area contributed by atoms with E-state index in [0.717, 1.165) is 26.1 Å². The lowest BCUT2D eigenvalue weighted by Gasteiger charge is -2.25. The zero-order chi connectivity index (χ0) is 21.7. The molecule has 0 N–H and O–H groups in total. The van der Waals surface area contributed by atoms with Crippen LogP contribution in [0.1, 0.15) is 53.8 Å². The molecule has 162 valence electrons. The van der Waals surface area contributed by atoms with Crippen molar-refractivity contribution in [3.63, 3.8) is 0 Å². The number of amides is 1. The Hall–Kier alpha value is -2.87. The van der Waals surface area contributed by atoms with Gasteiger partial charge in [-0.2, -0.15) is 0 Å². The van der Waals surface area contributed by atoms with Crippen LogP contribution in [0.25, 0.3) is 0 Å². The second-order valence-corrected chi connectivity index (χ2v) is 7.30. The second kappa shape index (κ2) is 9.75. The fourth-order valence-electron chi connectivity index (χ4n) is 3.76. The first kappa shape index (κ1) is 21.8. The van der Waals surface area contributed by atoms with Crippen molar-refractivity contribution in [1.29, 1.82) is 0 Å². The molecule has 1 atom stereocenters. The van der Waals surface area contributed by atoms with Gasteiger partial charge in [-0.15, -0.1) is 0 Å². The molecule has 0 bridgehead atoms. The minimum atomic E-state index is -0.122. The van der Waals surface area contributed by atoms with Crippen LogP contribution in [0.2, 0.25) is 0 Å². The summed E-state index contributed by atoms with van der Waals surface area (Å²) in [4.78, 5) is 28.5. The van der Waals surface area contributed by atoms with E-state index >= 15 is 0 Å². The molecule has 8 heteroatoms. The molecule has 1 fully saturated rings. The monoisotopic (exact) mass is 415 g/mol. The van der Waals surface area contributed by atoms with Crippen molar-refractivity contribution in [2.45, 2.75) is 39.8 Å². The van der Waals surface area contributed by atoms with E-state index in [1.807, 2.05) is 4.90 Å². The zero-order valence-corrected chi connectivity index (χ0v) is 18.0. The third-order valence-corrected chi connectivity index (χ3v) is 5.50. The number of carbonyl (C=O) groups excluding carboxylic acids is 2. The van der Waals surface area contributed by atoms with Gasteiger partial charge in [-0.1, -0.05) is 19.0 Å². The van der Waals surface area contributed by atoms with Crippen molar-refractivity contribution >= 4 is 11.7 Å². The van der Waals surface area contributed by atoms with Crippen LogP contribution in [0.5, 0.6) is 11.5 Å². The molecule has 2 heterocycles. The first-order chi connectivity index (χ1) is 14.5. The van der Waals surface area contributed by atoms with Gasteiger partial charge in [0.1, 0.15) is 6.61 Å². The average Bonchev–Trinajstić information content (AvgIpc) is 3.42. The molecule has 1 aliphatic rings. The standard InChI is InChI=1S/C22H29N3O5/c1-5-24(6-2)17-9-10-25(13-17)22(27)19-12-18(30-23-19)14-29-20-8-7-16(15(3)26)11-21(20)28-4/h7-8,11-12,17H,5-6,9-10,13-14H2,1-4H3. The Kier molecular flexibility index (Phi) is 7.10. The molecule has 1 aromatic carbocycles. The minimum Gasteiger partial charge on any atom is -0.493 e. The van der Waals surface area contributed by atoms with Crippen molar-refractivity contribution < 1.29 is 23.6 Å². The van der Waals surface area contributed by atoms with E-state index in [1.54, 1.807) is 24.3 Å². The van der Waals surface area contributed by atoms with Gasteiger partial charge in [0.2, 0.25) is 0 Å².